The molecule has 10 aromatic carbocycles. The van der Waals surface area contributed by atoms with Gasteiger partial charge in [-0.1, -0.05) is 170 Å². The fourth-order valence-electron chi connectivity index (χ4n) is 9.34. The number of nitrogens with zero attached hydrogens (tertiary/aromatic N) is 2. The van der Waals surface area contributed by atoms with Crippen LogP contribution in [0.4, 0.5) is 17.1 Å². The van der Waals surface area contributed by atoms with Crippen LogP contribution in [-0.2, 0) is 0 Å². The van der Waals surface area contributed by atoms with Gasteiger partial charge in [-0.2, -0.15) is 0 Å². The van der Waals surface area contributed by atoms with E-state index in [0.29, 0.717) is 0 Å². The van der Waals surface area contributed by atoms with Gasteiger partial charge in [-0.15, -0.1) is 0 Å². The van der Waals surface area contributed by atoms with E-state index < -0.39 is 0 Å². The van der Waals surface area contributed by atoms with E-state index in [4.69, 9.17) is 4.42 Å². The third-order valence-electron chi connectivity index (χ3n) is 12.2. The summed E-state index contributed by atoms with van der Waals surface area (Å²) >= 11 is 0. The van der Waals surface area contributed by atoms with Gasteiger partial charge < -0.3 is 13.9 Å². The number of fused-ring (bicyclic) bond motifs is 8. The molecule has 0 bridgehead atoms. The fourth-order valence-corrected chi connectivity index (χ4v) is 9.34. The number of aromatic nitrogens is 1. The molecule has 0 aliphatic rings. The summed E-state index contributed by atoms with van der Waals surface area (Å²) in [4.78, 5) is 2.34. The summed E-state index contributed by atoms with van der Waals surface area (Å²) in [6, 6.07) is 82.7. The fraction of sp³-hybridized carbons (Fsp3) is 0. The maximum absolute atomic E-state index is 6.82. The monoisotopic (exact) mass is 778 g/mol. The highest BCUT2D eigenvalue weighted by Gasteiger charge is 2.21. The number of furan rings is 1. The predicted octanol–water partition coefficient (Wildman–Crippen LogP) is 16.3. The average molecular weight is 779 g/mol. The third kappa shape index (κ3) is 5.82. The summed E-state index contributed by atoms with van der Waals surface area (Å²) in [6.07, 6.45) is 0. The van der Waals surface area contributed by atoms with Crippen molar-refractivity contribution in [1.82, 2.24) is 4.57 Å². The third-order valence-corrected chi connectivity index (χ3v) is 12.2. The van der Waals surface area contributed by atoms with Gasteiger partial charge in [0.1, 0.15) is 11.2 Å². The van der Waals surface area contributed by atoms with E-state index in [0.717, 1.165) is 66.6 Å². The van der Waals surface area contributed by atoms with Gasteiger partial charge in [-0.25, -0.2) is 0 Å². The van der Waals surface area contributed by atoms with E-state index in [2.05, 4.69) is 240 Å². The molecule has 0 amide bonds. The van der Waals surface area contributed by atoms with Crippen LogP contribution in [-0.4, -0.2) is 4.57 Å². The number of para-hydroxylation sites is 2. The minimum absolute atomic E-state index is 0.875. The Balaban J connectivity index is 1.00. The van der Waals surface area contributed by atoms with E-state index in [1.165, 1.54) is 44.1 Å². The standard InChI is InChI=1S/C58H38N2O/c1-3-14-39(15-4-1)41-26-32-44(33-27-41)59(45-34-28-42(29-35-45)40-16-5-2-6-17-40)46-36-30-43(31-37-46)47-22-13-25-56-57(47)52-38-55(50-20-7-8-21-51(50)58(52)61-56)60-53-23-11-9-18-48(53)49-19-10-12-24-54(49)60/h1-38H. The number of hydrogen-bond donors (Lipinski definition) is 0. The Morgan fingerprint density at radius 2 is 0.770 bits per heavy atom. The van der Waals surface area contributed by atoms with Crippen LogP contribution in [0, 0.1) is 0 Å². The van der Waals surface area contributed by atoms with Crippen molar-refractivity contribution in [2.45, 2.75) is 0 Å². The van der Waals surface area contributed by atoms with Crippen LogP contribution in [0.25, 0.3) is 93.6 Å². The Morgan fingerprint density at radius 1 is 0.328 bits per heavy atom. The van der Waals surface area contributed by atoms with Gasteiger partial charge in [0.2, 0.25) is 0 Å². The Morgan fingerprint density at radius 3 is 1.31 bits per heavy atom. The van der Waals surface area contributed by atoms with Crippen molar-refractivity contribution in [3.05, 3.63) is 231 Å². The molecule has 286 valence electrons. The second-order valence-electron chi connectivity index (χ2n) is 15.7. The summed E-state index contributed by atoms with van der Waals surface area (Å²) in [5, 5.41) is 6.95. The molecule has 0 saturated heterocycles. The number of rotatable bonds is 7. The lowest BCUT2D eigenvalue weighted by Crippen LogP contribution is -2.09. The van der Waals surface area contributed by atoms with Crippen molar-refractivity contribution in [2.24, 2.45) is 0 Å². The molecule has 2 heterocycles. The van der Waals surface area contributed by atoms with Gasteiger partial charge in [0.25, 0.3) is 0 Å². The van der Waals surface area contributed by atoms with Gasteiger partial charge in [0, 0.05) is 49.4 Å². The van der Waals surface area contributed by atoms with Crippen LogP contribution >= 0.6 is 0 Å². The first-order valence-electron chi connectivity index (χ1n) is 20.8. The smallest absolute Gasteiger partial charge is 0.143 e. The summed E-state index contributed by atoms with van der Waals surface area (Å²) in [7, 11) is 0. The van der Waals surface area contributed by atoms with Crippen molar-refractivity contribution in [3.8, 4) is 39.1 Å². The van der Waals surface area contributed by atoms with Crippen molar-refractivity contribution in [1.29, 1.82) is 0 Å². The molecule has 3 nitrogen and oxygen atoms in total. The molecule has 12 rings (SSSR count). The molecule has 0 fully saturated rings. The molecule has 2 aromatic heterocycles. The zero-order valence-corrected chi connectivity index (χ0v) is 33.2. The first-order valence-corrected chi connectivity index (χ1v) is 20.8. The van der Waals surface area contributed by atoms with Crippen LogP contribution in [0.5, 0.6) is 0 Å². The zero-order valence-electron chi connectivity index (χ0n) is 33.2. The molecule has 0 unspecified atom stereocenters. The normalized spacial score (nSPS) is 11.6. The molecular formula is C58H38N2O. The summed E-state index contributed by atoms with van der Waals surface area (Å²) in [5.41, 5.74) is 15.6. The van der Waals surface area contributed by atoms with Crippen LogP contribution < -0.4 is 4.90 Å². The van der Waals surface area contributed by atoms with Crippen molar-refractivity contribution < 1.29 is 4.42 Å². The number of benzene rings is 10. The lowest BCUT2D eigenvalue weighted by Gasteiger charge is -2.26. The molecule has 12 aromatic rings. The molecule has 0 atom stereocenters. The second-order valence-corrected chi connectivity index (χ2v) is 15.7. The zero-order chi connectivity index (χ0) is 40.3. The van der Waals surface area contributed by atoms with Crippen LogP contribution in [0.15, 0.2) is 235 Å². The Labute approximate surface area is 353 Å². The molecule has 0 N–H and O–H groups in total. The van der Waals surface area contributed by atoms with Gasteiger partial charge in [0.15, 0.2) is 0 Å². The number of hydrogen-bond acceptors (Lipinski definition) is 2. The minimum Gasteiger partial charge on any atom is -0.455 e. The quantitative estimate of drug-likeness (QED) is 0.161. The summed E-state index contributed by atoms with van der Waals surface area (Å²) in [5.74, 6) is 0. The highest BCUT2D eigenvalue weighted by atomic mass is 16.3. The van der Waals surface area contributed by atoms with Gasteiger partial charge in [-0.05, 0) is 94.0 Å². The summed E-state index contributed by atoms with van der Waals surface area (Å²) < 4.78 is 9.25. The second kappa shape index (κ2) is 14.3. The van der Waals surface area contributed by atoms with Crippen LogP contribution in [0.3, 0.4) is 0 Å². The van der Waals surface area contributed by atoms with E-state index in [9.17, 15) is 0 Å². The van der Waals surface area contributed by atoms with Crippen LogP contribution in [0.2, 0.25) is 0 Å². The molecule has 3 heteroatoms. The van der Waals surface area contributed by atoms with Gasteiger partial charge in [0.05, 0.1) is 16.7 Å². The Hall–Kier alpha value is -8.14. The maximum Gasteiger partial charge on any atom is 0.143 e. The summed E-state index contributed by atoms with van der Waals surface area (Å²) in [6.45, 7) is 0. The molecule has 0 aliphatic carbocycles. The maximum atomic E-state index is 6.82. The van der Waals surface area contributed by atoms with Gasteiger partial charge in [-0.3, -0.25) is 0 Å². The van der Waals surface area contributed by atoms with E-state index in [-0.39, 0.29) is 0 Å². The van der Waals surface area contributed by atoms with Crippen molar-refractivity contribution >= 4 is 71.6 Å². The first-order chi connectivity index (χ1) is 30.3. The van der Waals surface area contributed by atoms with Crippen molar-refractivity contribution in [3.63, 3.8) is 0 Å². The Kier molecular flexibility index (Phi) is 8.17. The molecule has 0 saturated carbocycles. The van der Waals surface area contributed by atoms with Gasteiger partial charge >= 0.3 is 0 Å². The highest BCUT2D eigenvalue weighted by Crippen LogP contribution is 2.44. The van der Waals surface area contributed by atoms with Crippen molar-refractivity contribution in [2.75, 3.05) is 4.90 Å². The molecule has 0 aliphatic heterocycles. The topological polar surface area (TPSA) is 21.3 Å². The SMILES string of the molecule is c1ccc(-c2ccc(N(c3ccc(-c4ccccc4)cc3)c3ccc(-c4cccc5oc6c7ccccc7c(-n7c8ccccc8c8ccccc87)cc6c45)cc3)cc2)cc1. The molecule has 0 radical (unpaired) electrons. The lowest BCUT2D eigenvalue weighted by molar-refractivity contribution is 0.672. The Bertz CT molecular complexity index is 3410. The molecule has 61 heavy (non-hydrogen) atoms. The van der Waals surface area contributed by atoms with E-state index >= 15 is 0 Å². The highest BCUT2D eigenvalue weighted by molar-refractivity contribution is 6.22. The minimum atomic E-state index is 0.875. The predicted molar refractivity (Wildman–Crippen MR) is 257 cm³/mol. The lowest BCUT2D eigenvalue weighted by atomic mass is 9.97. The number of anilines is 3. The largest absolute Gasteiger partial charge is 0.455 e. The van der Waals surface area contributed by atoms with E-state index in [1.807, 2.05) is 0 Å². The molecular weight excluding hydrogens is 741 g/mol. The van der Waals surface area contributed by atoms with Crippen LogP contribution in [0.1, 0.15) is 0 Å². The first kappa shape index (κ1) is 34.9. The average Bonchev–Trinajstić information content (AvgIpc) is 3.89. The van der Waals surface area contributed by atoms with E-state index in [1.54, 1.807) is 0 Å². The molecule has 0 spiro atoms.